The molecular formula is C15H19ClFN3O. The number of halogens is 2. The first-order chi connectivity index (χ1) is 9.73. The normalized spacial score (nSPS) is 14.6. The Labute approximate surface area is 128 Å². The summed E-state index contributed by atoms with van der Waals surface area (Å²) in [5, 5.41) is -0.415. The second-order valence-electron chi connectivity index (χ2n) is 5.64. The molecular weight excluding hydrogens is 293 g/mol. The van der Waals surface area contributed by atoms with Gasteiger partial charge in [-0.15, -0.1) is 11.6 Å². The molecule has 2 aromatic rings. The van der Waals surface area contributed by atoms with Crippen molar-refractivity contribution in [2.24, 2.45) is 11.7 Å². The van der Waals surface area contributed by atoms with E-state index in [1.807, 2.05) is 13.8 Å². The summed E-state index contributed by atoms with van der Waals surface area (Å²) in [5.74, 6) is -0.292. The molecule has 1 heterocycles. The molecule has 2 atom stereocenters. The van der Waals surface area contributed by atoms with E-state index in [0.717, 1.165) is 0 Å². The zero-order chi connectivity index (χ0) is 15.9. The summed E-state index contributed by atoms with van der Waals surface area (Å²) < 4.78 is 15.5. The van der Waals surface area contributed by atoms with Crippen LogP contribution in [0.2, 0.25) is 0 Å². The molecule has 0 radical (unpaired) electrons. The predicted molar refractivity (Wildman–Crippen MR) is 81.8 cm³/mol. The maximum atomic E-state index is 13.7. The third-order valence-electron chi connectivity index (χ3n) is 3.55. The van der Waals surface area contributed by atoms with Gasteiger partial charge in [-0.25, -0.2) is 9.37 Å². The minimum Gasteiger partial charge on any atom is -0.368 e. The van der Waals surface area contributed by atoms with Crippen LogP contribution in [0.4, 0.5) is 4.39 Å². The van der Waals surface area contributed by atoms with Crippen LogP contribution < -0.4 is 5.73 Å². The molecule has 0 spiro atoms. The topological polar surface area (TPSA) is 60.9 Å². The van der Waals surface area contributed by atoms with E-state index in [1.54, 1.807) is 24.5 Å². The van der Waals surface area contributed by atoms with E-state index >= 15 is 0 Å². The van der Waals surface area contributed by atoms with Crippen LogP contribution in [0.3, 0.4) is 0 Å². The minimum atomic E-state index is -0.573. The third kappa shape index (κ3) is 2.75. The highest BCUT2D eigenvalue weighted by atomic mass is 35.5. The van der Waals surface area contributed by atoms with Gasteiger partial charge in [-0.3, -0.25) is 4.79 Å². The van der Waals surface area contributed by atoms with E-state index in [1.165, 1.54) is 6.07 Å². The van der Waals surface area contributed by atoms with Gasteiger partial charge in [-0.05, 0) is 31.4 Å². The second kappa shape index (κ2) is 5.64. The number of carbonyl (C=O) groups excluding carboxylic acids is 1. The van der Waals surface area contributed by atoms with Crippen molar-refractivity contribution >= 4 is 28.5 Å². The molecule has 2 unspecified atom stereocenters. The minimum absolute atomic E-state index is 0.0283. The van der Waals surface area contributed by atoms with Crippen molar-refractivity contribution < 1.29 is 9.18 Å². The first-order valence-corrected chi connectivity index (χ1v) is 7.29. The van der Waals surface area contributed by atoms with Gasteiger partial charge in [0.15, 0.2) is 0 Å². The van der Waals surface area contributed by atoms with Crippen LogP contribution >= 0.6 is 11.6 Å². The fraction of sp³-hybridized carbons (Fsp3) is 0.467. The van der Waals surface area contributed by atoms with Crippen LogP contribution in [0, 0.1) is 18.7 Å². The lowest BCUT2D eigenvalue weighted by molar-refractivity contribution is -0.122. The van der Waals surface area contributed by atoms with Gasteiger partial charge < -0.3 is 10.3 Å². The summed E-state index contributed by atoms with van der Waals surface area (Å²) in [7, 11) is 0. The molecule has 0 aliphatic carbocycles. The molecule has 2 rings (SSSR count). The van der Waals surface area contributed by atoms with E-state index in [4.69, 9.17) is 17.3 Å². The van der Waals surface area contributed by atoms with E-state index in [0.29, 0.717) is 22.4 Å². The fourth-order valence-electron chi connectivity index (χ4n) is 2.57. The Morgan fingerprint density at radius 3 is 2.48 bits per heavy atom. The van der Waals surface area contributed by atoms with Crippen molar-refractivity contribution in [1.82, 2.24) is 9.55 Å². The molecule has 1 aromatic heterocycles. The number of rotatable bonds is 4. The molecule has 0 aliphatic rings. The largest absolute Gasteiger partial charge is 0.368 e. The Morgan fingerprint density at radius 2 is 2.00 bits per heavy atom. The summed E-state index contributed by atoms with van der Waals surface area (Å²) in [4.78, 5) is 16.2. The zero-order valence-electron chi connectivity index (χ0n) is 12.5. The maximum Gasteiger partial charge on any atom is 0.240 e. The Bertz CT molecular complexity index is 694. The van der Waals surface area contributed by atoms with Gasteiger partial charge in [-0.2, -0.15) is 0 Å². The van der Waals surface area contributed by atoms with Crippen LogP contribution in [0.5, 0.6) is 0 Å². The lowest BCUT2D eigenvalue weighted by Gasteiger charge is -2.23. The Morgan fingerprint density at radius 1 is 1.38 bits per heavy atom. The predicted octanol–water partition coefficient (Wildman–Crippen LogP) is 3.47. The standard InChI is InChI=1S/C15H19ClFN3O/c1-7(2)13(14(18)21)20-12-5-8(3)10(17)6-11(12)19-15(20)9(4)16/h5-7,9,13H,1-4H3,(H2,18,21). The smallest absolute Gasteiger partial charge is 0.240 e. The van der Waals surface area contributed by atoms with Crippen LogP contribution in [0.15, 0.2) is 12.1 Å². The molecule has 114 valence electrons. The highest BCUT2D eigenvalue weighted by Gasteiger charge is 2.28. The number of hydrogen-bond acceptors (Lipinski definition) is 2. The molecule has 4 nitrogen and oxygen atoms in total. The van der Waals surface area contributed by atoms with Crippen LogP contribution in [0.25, 0.3) is 11.0 Å². The van der Waals surface area contributed by atoms with Crippen LogP contribution in [-0.2, 0) is 4.79 Å². The van der Waals surface area contributed by atoms with Crippen molar-refractivity contribution in [2.45, 2.75) is 39.1 Å². The van der Waals surface area contributed by atoms with Gasteiger partial charge in [0.05, 0.1) is 16.4 Å². The third-order valence-corrected chi connectivity index (χ3v) is 3.75. The van der Waals surface area contributed by atoms with E-state index in [-0.39, 0.29) is 11.7 Å². The molecule has 1 aromatic carbocycles. The summed E-state index contributed by atoms with van der Waals surface area (Å²) >= 11 is 6.18. The molecule has 2 N–H and O–H groups in total. The number of amides is 1. The Hall–Kier alpha value is -1.62. The summed E-state index contributed by atoms with van der Waals surface area (Å²) in [6.45, 7) is 7.24. The molecule has 0 fully saturated rings. The van der Waals surface area contributed by atoms with Crippen molar-refractivity contribution in [3.05, 3.63) is 29.3 Å². The average molecular weight is 312 g/mol. The molecule has 0 bridgehead atoms. The molecule has 0 aliphatic heterocycles. The lowest BCUT2D eigenvalue weighted by Crippen LogP contribution is -2.31. The zero-order valence-corrected chi connectivity index (χ0v) is 13.3. The summed E-state index contributed by atoms with van der Waals surface area (Å²) in [6, 6.07) is 2.47. The number of nitrogens with two attached hydrogens (primary N) is 1. The number of primary amides is 1. The average Bonchev–Trinajstić information content (AvgIpc) is 2.68. The van der Waals surface area contributed by atoms with E-state index < -0.39 is 17.3 Å². The van der Waals surface area contributed by atoms with Crippen molar-refractivity contribution in [3.63, 3.8) is 0 Å². The van der Waals surface area contributed by atoms with Gasteiger partial charge in [0.25, 0.3) is 0 Å². The number of aryl methyl sites for hydroxylation is 1. The van der Waals surface area contributed by atoms with Gasteiger partial charge in [-0.1, -0.05) is 13.8 Å². The fourth-order valence-corrected chi connectivity index (χ4v) is 2.72. The molecule has 0 saturated carbocycles. The van der Waals surface area contributed by atoms with Crippen molar-refractivity contribution in [3.8, 4) is 0 Å². The lowest BCUT2D eigenvalue weighted by atomic mass is 10.0. The van der Waals surface area contributed by atoms with Crippen LogP contribution in [0.1, 0.15) is 43.6 Å². The number of imidazole rings is 1. The number of hydrogen-bond donors (Lipinski definition) is 1. The van der Waals surface area contributed by atoms with Gasteiger partial charge in [0.1, 0.15) is 17.7 Å². The number of nitrogens with zero attached hydrogens (tertiary/aromatic N) is 2. The van der Waals surface area contributed by atoms with Gasteiger partial charge in [0.2, 0.25) is 5.91 Å². The quantitative estimate of drug-likeness (QED) is 0.879. The monoisotopic (exact) mass is 311 g/mol. The van der Waals surface area contributed by atoms with E-state index in [2.05, 4.69) is 4.98 Å². The van der Waals surface area contributed by atoms with Crippen molar-refractivity contribution in [1.29, 1.82) is 0 Å². The number of benzene rings is 1. The molecule has 6 heteroatoms. The van der Waals surface area contributed by atoms with Crippen molar-refractivity contribution in [2.75, 3.05) is 0 Å². The maximum absolute atomic E-state index is 13.7. The Balaban J connectivity index is 2.83. The number of carbonyl (C=O) groups is 1. The Kier molecular flexibility index (Phi) is 4.23. The second-order valence-corrected chi connectivity index (χ2v) is 6.29. The molecule has 1 amide bonds. The highest BCUT2D eigenvalue weighted by molar-refractivity contribution is 6.20. The summed E-state index contributed by atoms with van der Waals surface area (Å²) in [5.41, 5.74) is 7.20. The van der Waals surface area contributed by atoms with Crippen LogP contribution in [-0.4, -0.2) is 15.5 Å². The number of alkyl halides is 1. The molecule has 0 saturated heterocycles. The van der Waals surface area contributed by atoms with Gasteiger partial charge in [0, 0.05) is 6.07 Å². The highest BCUT2D eigenvalue weighted by Crippen LogP contribution is 2.32. The first kappa shape index (κ1) is 15.8. The SMILES string of the molecule is Cc1cc2c(cc1F)nc(C(C)Cl)n2C(C(N)=O)C(C)C. The summed E-state index contributed by atoms with van der Waals surface area (Å²) in [6.07, 6.45) is 0. The number of aromatic nitrogens is 2. The van der Waals surface area contributed by atoms with Gasteiger partial charge >= 0.3 is 0 Å². The molecule has 21 heavy (non-hydrogen) atoms. The van der Waals surface area contributed by atoms with E-state index in [9.17, 15) is 9.18 Å². The first-order valence-electron chi connectivity index (χ1n) is 6.85. The number of fused-ring (bicyclic) bond motifs is 1.